The molecule has 0 saturated carbocycles. The van der Waals surface area contributed by atoms with Gasteiger partial charge in [0.15, 0.2) is 6.29 Å². The van der Waals surface area contributed by atoms with E-state index in [1.54, 1.807) is 21.3 Å². The highest BCUT2D eigenvalue weighted by Crippen LogP contribution is 2.23. The second-order valence-electron chi connectivity index (χ2n) is 3.29. The fraction of sp³-hybridized carbons (Fsp3) is 1.00. The lowest BCUT2D eigenvalue weighted by atomic mass is 10.0. The molecule has 0 spiro atoms. The molecular formula is C9H18O5. The van der Waals surface area contributed by atoms with E-state index in [2.05, 4.69) is 0 Å². The van der Waals surface area contributed by atoms with Gasteiger partial charge in [0.1, 0.15) is 12.2 Å². The first-order chi connectivity index (χ1) is 6.72. The van der Waals surface area contributed by atoms with Crippen molar-refractivity contribution in [1.29, 1.82) is 0 Å². The van der Waals surface area contributed by atoms with E-state index in [0.717, 1.165) is 0 Å². The molecule has 0 radical (unpaired) electrons. The van der Waals surface area contributed by atoms with Crippen LogP contribution >= 0.6 is 0 Å². The molecule has 1 heterocycles. The van der Waals surface area contributed by atoms with Gasteiger partial charge in [-0.2, -0.15) is 0 Å². The van der Waals surface area contributed by atoms with Crippen LogP contribution in [0.25, 0.3) is 0 Å². The van der Waals surface area contributed by atoms with Gasteiger partial charge in [-0.05, 0) is 0 Å². The lowest BCUT2D eigenvalue weighted by molar-refractivity contribution is -0.250. The smallest absolute Gasteiger partial charge is 0.157 e. The largest absolute Gasteiger partial charge is 0.382 e. The summed E-state index contributed by atoms with van der Waals surface area (Å²) in [5.74, 6) is 0. The Kier molecular flexibility index (Phi) is 4.77. The third-order valence-corrected chi connectivity index (χ3v) is 2.40. The summed E-state index contributed by atoms with van der Waals surface area (Å²) in [7, 11) is 4.78. The molecule has 1 N–H and O–H groups in total. The molecule has 0 amide bonds. The average Bonchev–Trinajstić information content (AvgIpc) is 2.17. The molecule has 0 aromatic rings. The van der Waals surface area contributed by atoms with Gasteiger partial charge in [0.2, 0.25) is 0 Å². The first-order valence-electron chi connectivity index (χ1n) is 4.61. The molecule has 1 rings (SSSR count). The van der Waals surface area contributed by atoms with Crippen LogP contribution in [0.1, 0.15) is 6.42 Å². The van der Waals surface area contributed by atoms with E-state index >= 15 is 0 Å². The van der Waals surface area contributed by atoms with E-state index in [1.807, 2.05) is 0 Å². The van der Waals surface area contributed by atoms with Crippen LogP contribution in [-0.2, 0) is 18.9 Å². The van der Waals surface area contributed by atoms with Crippen LogP contribution in [0.4, 0.5) is 0 Å². The number of aliphatic hydroxyl groups excluding tert-OH is 1. The van der Waals surface area contributed by atoms with E-state index in [4.69, 9.17) is 18.9 Å². The minimum Gasteiger partial charge on any atom is -0.382 e. The molecule has 5 heteroatoms. The molecule has 1 saturated heterocycles. The van der Waals surface area contributed by atoms with E-state index in [-0.39, 0.29) is 18.3 Å². The van der Waals surface area contributed by atoms with Crippen LogP contribution in [-0.4, -0.2) is 57.6 Å². The number of aliphatic hydroxyl groups is 1. The summed E-state index contributed by atoms with van der Waals surface area (Å²) in [6, 6.07) is 0. The third-order valence-electron chi connectivity index (χ3n) is 2.40. The maximum absolute atomic E-state index is 9.41. The number of hydrogen-bond acceptors (Lipinski definition) is 5. The molecule has 84 valence electrons. The quantitative estimate of drug-likeness (QED) is 0.688. The van der Waals surface area contributed by atoms with E-state index in [1.165, 1.54) is 0 Å². The summed E-state index contributed by atoms with van der Waals surface area (Å²) in [5.41, 5.74) is 0. The zero-order valence-corrected chi connectivity index (χ0v) is 8.80. The molecule has 0 aromatic carbocycles. The summed E-state index contributed by atoms with van der Waals surface area (Å²) in [6.07, 6.45) is -0.993. The van der Waals surface area contributed by atoms with Gasteiger partial charge in [-0.25, -0.2) is 0 Å². The van der Waals surface area contributed by atoms with Crippen molar-refractivity contribution in [1.82, 2.24) is 0 Å². The van der Waals surface area contributed by atoms with Gasteiger partial charge in [-0.1, -0.05) is 0 Å². The van der Waals surface area contributed by atoms with Gasteiger partial charge in [0, 0.05) is 27.8 Å². The number of rotatable bonds is 4. The fourth-order valence-electron chi connectivity index (χ4n) is 1.74. The minimum absolute atomic E-state index is 0.149. The average molecular weight is 206 g/mol. The molecular weight excluding hydrogens is 188 g/mol. The molecule has 1 aliphatic heterocycles. The van der Waals surface area contributed by atoms with Gasteiger partial charge in [-0.3, -0.25) is 0 Å². The van der Waals surface area contributed by atoms with Gasteiger partial charge >= 0.3 is 0 Å². The number of ether oxygens (including phenoxy) is 4. The lowest BCUT2D eigenvalue weighted by Gasteiger charge is -2.38. The van der Waals surface area contributed by atoms with Crippen molar-refractivity contribution in [2.24, 2.45) is 0 Å². The molecule has 1 aliphatic rings. The molecule has 0 unspecified atom stereocenters. The van der Waals surface area contributed by atoms with Crippen molar-refractivity contribution in [3.63, 3.8) is 0 Å². The van der Waals surface area contributed by atoms with E-state index in [9.17, 15) is 5.11 Å². The number of methoxy groups -OCH3 is 3. The highest BCUT2D eigenvalue weighted by Gasteiger charge is 2.38. The second kappa shape index (κ2) is 5.63. The monoisotopic (exact) mass is 206 g/mol. The van der Waals surface area contributed by atoms with Crippen molar-refractivity contribution in [3.8, 4) is 0 Å². The zero-order chi connectivity index (χ0) is 10.6. The Balaban J connectivity index is 2.60. The van der Waals surface area contributed by atoms with Crippen molar-refractivity contribution in [2.45, 2.75) is 31.0 Å². The lowest BCUT2D eigenvalue weighted by Crippen LogP contribution is -2.51. The Morgan fingerprint density at radius 2 is 2.00 bits per heavy atom. The zero-order valence-electron chi connectivity index (χ0n) is 8.80. The molecule has 0 bridgehead atoms. The SMILES string of the molecule is COC[C@H]1O[C@@H](O)C[C@@H](OC)[C@@H]1OC. The van der Waals surface area contributed by atoms with Crippen LogP contribution in [0.5, 0.6) is 0 Å². The predicted molar refractivity (Wildman–Crippen MR) is 49.0 cm³/mol. The minimum atomic E-state index is -0.800. The molecule has 4 atom stereocenters. The van der Waals surface area contributed by atoms with Gasteiger partial charge in [-0.15, -0.1) is 0 Å². The molecule has 0 aliphatic carbocycles. The molecule has 1 fully saturated rings. The predicted octanol–water partition coefficient (Wildman–Crippen LogP) is -0.230. The summed E-state index contributed by atoms with van der Waals surface area (Å²) < 4.78 is 20.8. The Labute approximate surface area is 83.9 Å². The summed E-state index contributed by atoms with van der Waals surface area (Å²) in [4.78, 5) is 0. The number of hydrogen-bond donors (Lipinski definition) is 1. The van der Waals surface area contributed by atoms with E-state index < -0.39 is 6.29 Å². The van der Waals surface area contributed by atoms with Crippen LogP contribution in [0.2, 0.25) is 0 Å². The Morgan fingerprint density at radius 3 is 2.50 bits per heavy atom. The van der Waals surface area contributed by atoms with Crippen LogP contribution in [0.3, 0.4) is 0 Å². The summed E-state index contributed by atoms with van der Waals surface area (Å²) >= 11 is 0. The second-order valence-corrected chi connectivity index (χ2v) is 3.29. The van der Waals surface area contributed by atoms with Gasteiger partial charge in [0.25, 0.3) is 0 Å². The van der Waals surface area contributed by atoms with Crippen molar-refractivity contribution >= 4 is 0 Å². The molecule has 5 nitrogen and oxygen atoms in total. The van der Waals surface area contributed by atoms with Gasteiger partial charge in [0.05, 0.1) is 12.7 Å². The normalized spacial score (nSPS) is 38.6. The molecule has 0 aromatic heterocycles. The summed E-state index contributed by atoms with van der Waals surface area (Å²) in [5, 5.41) is 9.41. The first-order valence-corrected chi connectivity index (χ1v) is 4.61. The standard InChI is InChI=1S/C9H18O5/c1-11-5-7-9(13-3)6(12-2)4-8(10)14-7/h6-10H,4-5H2,1-3H3/t6-,7-,8-,9+/m1/s1. The van der Waals surface area contributed by atoms with E-state index in [0.29, 0.717) is 13.0 Å². The van der Waals surface area contributed by atoms with Crippen LogP contribution in [0.15, 0.2) is 0 Å². The van der Waals surface area contributed by atoms with Crippen molar-refractivity contribution in [3.05, 3.63) is 0 Å². The van der Waals surface area contributed by atoms with Gasteiger partial charge < -0.3 is 24.1 Å². The van der Waals surface area contributed by atoms with Crippen LogP contribution < -0.4 is 0 Å². The third kappa shape index (κ3) is 2.65. The maximum Gasteiger partial charge on any atom is 0.157 e. The molecule has 14 heavy (non-hydrogen) atoms. The first kappa shape index (κ1) is 11.9. The highest BCUT2D eigenvalue weighted by molar-refractivity contribution is 4.84. The fourth-order valence-corrected chi connectivity index (χ4v) is 1.74. The topological polar surface area (TPSA) is 57.2 Å². The summed E-state index contributed by atoms with van der Waals surface area (Å²) in [6.45, 7) is 0.384. The Morgan fingerprint density at radius 1 is 1.29 bits per heavy atom. The van der Waals surface area contributed by atoms with Crippen LogP contribution in [0, 0.1) is 0 Å². The van der Waals surface area contributed by atoms with Crippen molar-refractivity contribution in [2.75, 3.05) is 27.9 Å². The Hall–Kier alpha value is -0.200. The van der Waals surface area contributed by atoms with Crippen molar-refractivity contribution < 1.29 is 24.1 Å². The Bertz CT molecular complexity index is 163. The maximum atomic E-state index is 9.41. The highest BCUT2D eigenvalue weighted by atomic mass is 16.6.